The van der Waals surface area contributed by atoms with Crippen LogP contribution in [0, 0.1) is 62.6 Å². The highest BCUT2D eigenvalue weighted by Gasteiger charge is 2.72. The normalized spacial score (nSPS) is 51.3. The maximum Gasteiger partial charge on any atom is 0.312 e. The SMILES string of the molecule is COCC(C)C1CCC2(C(=O)OC)CC[C@]3(C)C(CCC4[C@@]5(C)CCC(OC)C(C)(C)C5CC[C@]43C)C12. The van der Waals surface area contributed by atoms with Gasteiger partial charge in [-0.05, 0) is 121 Å². The Bertz CT molecular complexity index is 884. The smallest absolute Gasteiger partial charge is 0.312 e. The summed E-state index contributed by atoms with van der Waals surface area (Å²) in [5.41, 5.74) is 0.892. The molecule has 0 saturated heterocycles. The molecule has 5 fully saturated rings. The predicted molar refractivity (Wildman–Crippen MR) is 148 cm³/mol. The van der Waals surface area contributed by atoms with Crippen molar-refractivity contribution >= 4 is 5.97 Å². The lowest BCUT2D eigenvalue weighted by Crippen LogP contribution is -2.67. The van der Waals surface area contributed by atoms with Crippen molar-refractivity contribution < 1.29 is 19.0 Å². The fourth-order valence-corrected chi connectivity index (χ4v) is 12.6. The van der Waals surface area contributed by atoms with E-state index in [-0.39, 0.29) is 22.2 Å². The van der Waals surface area contributed by atoms with E-state index in [1.807, 2.05) is 14.2 Å². The van der Waals surface area contributed by atoms with Crippen LogP contribution in [0.3, 0.4) is 0 Å². The lowest BCUT2D eigenvalue weighted by atomic mass is 9.32. The fourth-order valence-electron chi connectivity index (χ4n) is 12.6. The van der Waals surface area contributed by atoms with Gasteiger partial charge in [0, 0.05) is 20.8 Å². The van der Waals surface area contributed by atoms with Crippen LogP contribution >= 0.6 is 0 Å². The first-order valence-electron chi connectivity index (χ1n) is 15.5. The molecule has 8 unspecified atom stereocenters. The summed E-state index contributed by atoms with van der Waals surface area (Å²) in [6.07, 6.45) is 12.4. The Kier molecular flexibility index (Phi) is 6.96. The molecule has 212 valence electrons. The first-order chi connectivity index (χ1) is 17.4. The molecule has 0 amide bonds. The Hall–Kier alpha value is -0.610. The topological polar surface area (TPSA) is 44.8 Å². The zero-order valence-corrected chi connectivity index (χ0v) is 25.5. The van der Waals surface area contributed by atoms with E-state index in [1.54, 1.807) is 7.11 Å². The highest BCUT2D eigenvalue weighted by atomic mass is 16.5. The molecular weight excluding hydrogens is 460 g/mol. The van der Waals surface area contributed by atoms with Gasteiger partial charge in [-0.2, -0.15) is 0 Å². The molecule has 0 radical (unpaired) electrons. The van der Waals surface area contributed by atoms with Gasteiger partial charge in [-0.3, -0.25) is 4.79 Å². The van der Waals surface area contributed by atoms with Gasteiger partial charge < -0.3 is 14.2 Å². The van der Waals surface area contributed by atoms with Gasteiger partial charge in [0.25, 0.3) is 0 Å². The number of rotatable bonds is 5. The van der Waals surface area contributed by atoms with E-state index in [9.17, 15) is 4.79 Å². The molecule has 0 spiro atoms. The molecule has 0 bridgehead atoms. The summed E-state index contributed by atoms with van der Waals surface area (Å²) in [5, 5.41) is 0. The van der Waals surface area contributed by atoms with Crippen molar-refractivity contribution in [3.8, 4) is 0 Å². The van der Waals surface area contributed by atoms with E-state index < -0.39 is 0 Å². The molecular formula is C33H56O4. The van der Waals surface area contributed by atoms with Crippen LogP contribution in [0.15, 0.2) is 0 Å². The number of ether oxygens (including phenoxy) is 3. The molecule has 5 saturated carbocycles. The van der Waals surface area contributed by atoms with Crippen LogP contribution in [0.5, 0.6) is 0 Å². The summed E-state index contributed by atoms with van der Waals surface area (Å²) in [4.78, 5) is 13.5. The molecule has 0 aromatic carbocycles. The average Bonchev–Trinajstić information content (AvgIpc) is 3.25. The van der Waals surface area contributed by atoms with E-state index in [0.29, 0.717) is 40.6 Å². The number of fused-ring (bicyclic) bond motifs is 7. The van der Waals surface area contributed by atoms with E-state index in [2.05, 4.69) is 41.5 Å². The van der Waals surface area contributed by atoms with Crippen LogP contribution in [0.2, 0.25) is 0 Å². The number of hydrogen-bond donors (Lipinski definition) is 0. The molecule has 4 heteroatoms. The molecule has 0 N–H and O–H groups in total. The molecule has 0 aromatic heterocycles. The highest BCUT2D eigenvalue weighted by molar-refractivity contribution is 5.78. The molecule has 5 aliphatic carbocycles. The quantitative estimate of drug-likeness (QED) is 0.354. The van der Waals surface area contributed by atoms with Gasteiger partial charge >= 0.3 is 5.97 Å². The Morgan fingerprint density at radius 1 is 0.811 bits per heavy atom. The van der Waals surface area contributed by atoms with Crippen molar-refractivity contribution in [1.29, 1.82) is 0 Å². The zero-order chi connectivity index (χ0) is 27.0. The van der Waals surface area contributed by atoms with Gasteiger partial charge in [0.2, 0.25) is 0 Å². The van der Waals surface area contributed by atoms with Gasteiger partial charge in [0.15, 0.2) is 0 Å². The van der Waals surface area contributed by atoms with Gasteiger partial charge in [-0.15, -0.1) is 0 Å². The molecule has 0 heterocycles. The summed E-state index contributed by atoms with van der Waals surface area (Å²) in [5.74, 6) is 3.59. The van der Waals surface area contributed by atoms with E-state index in [1.165, 1.54) is 44.9 Å². The lowest BCUT2D eigenvalue weighted by molar-refractivity contribution is -0.252. The summed E-state index contributed by atoms with van der Waals surface area (Å²) in [6, 6.07) is 0. The minimum Gasteiger partial charge on any atom is -0.469 e. The van der Waals surface area contributed by atoms with Gasteiger partial charge in [-0.25, -0.2) is 0 Å². The highest BCUT2D eigenvalue weighted by Crippen LogP contribution is 2.77. The molecule has 5 rings (SSSR count). The van der Waals surface area contributed by atoms with Crippen molar-refractivity contribution in [3.63, 3.8) is 0 Å². The summed E-state index contributed by atoms with van der Waals surface area (Å²) in [7, 11) is 5.37. The summed E-state index contributed by atoms with van der Waals surface area (Å²) in [6.45, 7) is 16.2. The molecule has 5 aliphatic rings. The van der Waals surface area contributed by atoms with Crippen LogP contribution in [-0.4, -0.2) is 40.0 Å². The third-order valence-corrected chi connectivity index (χ3v) is 14.5. The third-order valence-electron chi connectivity index (χ3n) is 14.5. The van der Waals surface area contributed by atoms with Crippen LogP contribution < -0.4 is 0 Å². The van der Waals surface area contributed by atoms with Crippen molar-refractivity contribution in [2.45, 2.75) is 112 Å². The Labute approximate surface area is 227 Å². The van der Waals surface area contributed by atoms with Crippen molar-refractivity contribution in [2.75, 3.05) is 27.9 Å². The molecule has 11 atom stereocenters. The molecule has 0 aromatic rings. The standard InChI is InChI=1S/C33H56O4/c1-21(20-35-7)22-12-17-33(28(34)37-9)19-18-31(5)23(27(22)33)10-11-25-30(4)15-14-26(36-8)29(2,3)24(30)13-16-32(25,31)6/h21-27H,10-20H2,1-9H3/t21?,22?,23?,24?,25?,26?,27?,30-,31+,32+,33?/m0/s1. The minimum absolute atomic E-state index is 0.0780. The van der Waals surface area contributed by atoms with E-state index >= 15 is 0 Å². The number of methoxy groups -OCH3 is 3. The van der Waals surface area contributed by atoms with Gasteiger partial charge in [0.1, 0.15) is 0 Å². The largest absolute Gasteiger partial charge is 0.469 e. The first kappa shape index (κ1) is 27.9. The monoisotopic (exact) mass is 516 g/mol. The van der Waals surface area contributed by atoms with E-state index in [0.717, 1.165) is 37.7 Å². The minimum atomic E-state index is -0.283. The van der Waals surface area contributed by atoms with Crippen LogP contribution in [-0.2, 0) is 19.0 Å². The van der Waals surface area contributed by atoms with Gasteiger partial charge in [-0.1, -0.05) is 41.5 Å². The van der Waals surface area contributed by atoms with Gasteiger partial charge in [0.05, 0.1) is 18.6 Å². The number of esters is 1. The fraction of sp³-hybridized carbons (Fsp3) is 0.970. The molecule has 4 nitrogen and oxygen atoms in total. The first-order valence-corrected chi connectivity index (χ1v) is 15.5. The average molecular weight is 517 g/mol. The number of carbonyl (C=O) groups excluding carboxylic acids is 1. The third kappa shape index (κ3) is 3.55. The number of hydrogen-bond acceptors (Lipinski definition) is 4. The van der Waals surface area contributed by atoms with E-state index in [4.69, 9.17) is 14.2 Å². The zero-order valence-electron chi connectivity index (χ0n) is 25.5. The second-order valence-corrected chi connectivity index (χ2v) is 15.6. The lowest BCUT2D eigenvalue weighted by Gasteiger charge is -2.73. The Morgan fingerprint density at radius 3 is 2.19 bits per heavy atom. The Morgan fingerprint density at radius 2 is 1.54 bits per heavy atom. The van der Waals surface area contributed by atoms with Crippen molar-refractivity contribution in [2.24, 2.45) is 62.6 Å². The maximum absolute atomic E-state index is 13.5. The molecule has 0 aliphatic heterocycles. The maximum atomic E-state index is 13.5. The van der Waals surface area contributed by atoms with Crippen LogP contribution in [0.4, 0.5) is 0 Å². The summed E-state index contributed by atoms with van der Waals surface area (Å²) < 4.78 is 17.3. The predicted octanol–water partition coefficient (Wildman–Crippen LogP) is 7.54. The second-order valence-electron chi connectivity index (χ2n) is 15.6. The Balaban J connectivity index is 1.54. The van der Waals surface area contributed by atoms with Crippen molar-refractivity contribution in [1.82, 2.24) is 0 Å². The molecule has 37 heavy (non-hydrogen) atoms. The van der Waals surface area contributed by atoms with Crippen LogP contribution in [0.1, 0.15) is 106 Å². The number of carbonyl (C=O) groups is 1. The van der Waals surface area contributed by atoms with Crippen LogP contribution in [0.25, 0.3) is 0 Å². The summed E-state index contributed by atoms with van der Waals surface area (Å²) >= 11 is 0. The second kappa shape index (κ2) is 9.22. The van der Waals surface area contributed by atoms with Crippen molar-refractivity contribution in [3.05, 3.63) is 0 Å².